The summed E-state index contributed by atoms with van der Waals surface area (Å²) in [5.41, 5.74) is 0.997. The predicted molar refractivity (Wildman–Crippen MR) is 116 cm³/mol. The van der Waals surface area contributed by atoms with Crippen LogP contribution in [0.5, 0.6) is 5.75 Å². The Kier molecular flexibility index (Phi) is 5.40. The summed E-state index contributed by atoms with van der Waals surface area (Å²) in [6.45, 7) is 3.94. The van der Waals surface area contributed by atoms with Gasteiger partial charge in [-0.25, -0.2) is 4.39 Å². The van der Waals surface area contributed by atoms with Gasteiger partial charge >= 0.3 is 0 Å². The molecular formula is C24H23FN2O5. The zero-order valence-electron chi connectivity index (χ0n) is 17.7. The number of carbonyl (C=O) groups is 1. The van der Waals surface area contributed by atoms with Crippen LogP contribution in [0.25, 0.3) is 11.0 Å². The lowest BCUT2D eigenvalue weighted by molar-refractivity contribution is 0.0314. The van der Waals surface area contributed by atoms with E-state index in [0.29, 0.717) is 54.1 Å². The Morgan fingerprint density at radius 1 is 1.06 bits per heavy atom. The lowest BCUT2D eigenvalue weighted by atomic mass is 9.98. The fourth-order valence-corrected chi connectivity index (χ4v) is 4.42. The van der Waals surface area contributed by atoms with Crippen molar-refractivity contribution >= 4 is 16.9 Å². The van der Waals surface area contributed by atoms with E-state index < -0.39 is 6.04 Å². The van der Waals surface area contributed by atoms with Crippen LogP contribution in [0, 0.1) is 5.82 Å². The molecule has 1 atom stereocenters. The van der Waals surface area contributed by atoms with Crippen molar-refractivity contribution in [3.05, 3.63) is 75.4 Å². The van der Waals surface area contributed by atoms with Crippen molar-refractivity contribution in [2.45, 2.75) is 6.04 Å². The van der Waals surface area contributed by atoms with Crippen molar-refractivity contribution < 1.29 is 23.1 Å². The number of nitrogens with zero attached hydrogens (tertiary/aromatic N) is 2. The maximum absolute atomic E-state index is 13.6. The minimum absolute atomic E-state index is 0.0343. The number of halogens is 1. The molecule has 0 saturated carbocycles. The summed E-state index contributed by atoms with van der Waals surface area (Å²) in [6, 6.07) is 10.2. The number of rotatable bonds is 5. The van der Waals surface area contributed by atoms with Crippen LogP contribution in [0.1, 0.15) is 27.7 Å². The second-order valence-corrected chi connectivity index (χ2v) is 7.94. The van der Waals surface area contributed by atoms with Crippen LogP contribution < -0.4 is 10.2 Å². The van der Waals surface area contributed by atoms with Gasteiger partial charge in [0.05, 0.1) is 37.3 Å². The lowest BCUT2D eigenvalue weighted by Crippen LogP contribution is -2.42. The van der Waals surface area contributed by atoms with Crippen LogP contribution >= 0.6 is 0 Å². The number of benzene rings is 2. The van der Waals surface area contributed by atoms with Crippen molar-refractivity contribution in [3.63, 3.8) is 0 Å². The Balaban J connectivity index is 1.60. The molecule has 32 heavy (non-hydrogen) atoms. The van der Waals surface area contributed by atoms with Gasteiger partial charge in [-0.15, -0.1) is 0 Å². The lowest BCUT2D eigenvalue weighted by Gasteiger charge is -2.31. The SMILES string of the molecule is COc1ccc2c(=O)c3c(oc2c1)C(=O)N(CCN1CCOCC1)[C@@H]3c1ccc(F)cc1. The first-order valence-corrected chi connectivity index (χ1v) is 10.6. The minimum atomic E-state index is -0.637. The van der Waals surface area contributed by atoms with E-state index in [1.165, 1.54) is 19.2 Å². The number of methoxy groups -OCH3 is 1. The fourth-order valence-electron chi connectivity index (χ4n) is 4.42. The van der Waals surface area contributed by atoms with Crippen LogP contribution in [0.4, 0.5) is 4.39 Å². The number of hydrogen-bond acceptors (Lipinski definition) is 6. The highest BCUT2D eigenvalue weighted by atomic mass is 19.1. The van der Waals surface area contributed by atoms with Gasteiger partial charge in [0.1, 0.15) is 17.1 Å². The molecule has 166 valence electrons. The van der Waals surface area contributed by atoms with Gasteiger partial charge in [-0.05, 0) is 29.8 Å². The molecule has 2 aromatic carbocycles. The Morgan fingerprint density at radius 3 is 2.53 bits per heavy atom. The molecular weight excluding hydrogens is 415 g/mol. The van der Waals surface area contributed by atoms with E-state index in [2.05, 4.69) is 4.90 Å². The van der Waals surface area contributed by atoms with Crippen LogP contribution in [0.15, 0.2) is 51.7 Å². The molecule has 1 amide bonds. The Morgan fingerprint density at radius 2 is 1.81 bits per heavy atom. The molecule has 0 aliphatic carbocycles. The monoisotopic (exact) mass is 438 g/mol. The fraction of sp³-hybridized carbons (Fsp3) is 0.333. The second-order valence-electron chi connectivity index (χ2n) is 7.94. The van der Waals surface area contributed by atoms with Gasteiger partial charge < -0.3 is 18.8 Å². The standard InChI is InChI=1S/C24H23FN2O5/c1-30-17-6-7-18-19(14-17)32-23-20(22(18)28)21(15-2-4-16(25)5-3-15)27(24(23)29)9-8-26-10-12-31-13-11-26/h2-7,14,21H,8-13H2,1H3/t21-/m1/s1. The van der Waals surface area contributed by atoms with Crippen molar-refractivity contribution in [2.24, 2.45) is 0 Å². The maximum Gasteiger partial charge on any atom is 0.290 e. The van der Waals surface area contributed by atoms with Crippen molar-refractivity contribution in [3.8, 4) is 5.75 Å². The summed E-state index contributed by atoms with van der Waals surface area (Å²) in [4.78, 5) is 30.8. The van der Waals surface area contributed by atoms with Crippen molar-refractivity contribution in [1.82, 2.24) is 9.80 Å². The quantitative estimate of drug-likeness (QED) is 0.610. The van der Waals surface area contributed by atoms with E-state index >= 15 is 0 Å². The second kappa shape index (κ2) is 8.37. The number of morpholine rings is 1. The molecule has 0 unspecified atom stereocenters. The number of carbonyl (C=O) groups excluding carboxylic acids is 1. The summed E-state index contributed by atoms with van der Waals surface area (Å²) >= 11 is 0. The average molecular weight is 438 g/mol. The summed E-state index contributed by atoms with van der Waals surface area (Å²) < 4.78 is 30.2. The molecule has 5 rings (SSSR count). The third-order valence-electron chi connectivity index (χ3n) is 6.12. The summed E-state index contributed by atoms with van der Waals surface area (Å²) in [5.74, 6) is -0.155. The molecule has 0 radical (unpaired) electrons. The normalized spacial score (nSPS) is 18.9. The summed E-state index contributed by atoms with van der Waals surface area (Å²) in [5, 5.41) is 0.375. The Hall–Kier alpha value is -3.23. The predicted octanol–water partition coefficient (Wildman–Crippen LogP) is 2.82. The minimum Gasteiger partial charge on any atom is -0.497 e. The van der Waals surface area contributed by atoms with E-state index in [1.807, 2.05) is 0 Å². The van der Waals surface area contributed by atoms with E-state index in [-0.39, 0.29) is 22.9 Å². The van der Waals surface area contributed by atoms with Crippen LogP contribution in [0.3, 0.4) is 0 Å². The molecule has 2 aliphatic rings. The summed E-state index contributed by atoms with van der Waals surface area (Å²) in [7, 11) is 1.52. The Labute approximate surface area is 183 Å². The van der Waals surface area contributed by atoms with Gasteiger partial charge in [-0.3, -0.25) is 14.5 Å². The van der Waals surface area contributed by atoms with Crippen LogP contribution in [-0.2, 0) is 4.74 Å². The highest BCUT2D eigenvalue weighted by Crippen LogP contribution is 2.38. The highest BCUT2D eigenvalue weighted by Gasteiger charge is 2.42. The third kappa shape index (κ3) is 3.55. The van der Waals surface area contributed by atoms with Crippen molar-refractivity contribution in [1.29, 1.82) is 0 Å². The van der Waals surface area contributed by atoms with E-state index in [9.17, 15) is 14.0 Å². The largest absolute Gasteiger partial charge is 0.497 e. The van der Waals surface area contributed by atoms with E-state index in [4.69, 9.17) is 13.9 Å². The first kappa shape index (κ1) is 20.7. The summed E-state index contributed by atoms with van der Waals surface area (Å²) in [6.07, 6.45) is 0. The Bertz CT molecular complexity index is 1220. The molecule has 8 heteroatoms. The number of ether oxygens (including phenoxy) is 2. The van der Waals surface area contributed by atoms with Gasteiger partial charge in [0.2, 0.25) is 5.76 Å². The molecule has 7 nitrogen and oxygen atoms in total. The topological polar surface area (TPSA) is 72.2 Å². The van der Waals surface area contributed by atoms with Gasteiger partial charge in [-0.2, -0.15) is 0 Å². The van der Waals surface area contributed by atoms with Gasteiger partial charge in [-0.1, -0.05) is 12.1 Å². The number of amides is 1. The zero-order valence-corrected chi connectivity index (χ0v) is 17.7. The molecule has 1 fully saturated rings. The van der Waals surface area contributed by atoms with Crippen LogP contribution in [-0.4, -0.2) is 62.2 Å². The van der Waals surface area contributed by atoms with Gasteiger partial charge in [0.15, 0.2) is 5.43 Å². The molecule has 0 bridgehead atoms. The number of fused-ring (bicyclic) bond motifs is 2. The van der Waals surface area contributed by atoms with E-state index in [1.54, 1.807) is 35.2 Å². The molecule has 0 spiro atoms. The zero-order chi connectivity index (χ0) is 22.2. The first-order chi connectivity index (χ1) is 15.6. The van der Waals surface area contributed by atoms with Gasteiger partial charge in [0, 0.05) is 32.2 Å². The maximum atomic E-state index is 13.6. The first-order valence-electron chi connectivity index (χ1n) is 10.6. The van der Waals surface area contributed by atoms with E-state index in [0.717, 1.165) is 13.1 Å². The molecule has 3 aromatic rings. The van der Waals surface area contributed by atoms with Crippen LogP contribution in [0.2, 0.25) is 0 Å². The van der Waals surface area contributed by atoms with Gasteiger partial charge in [0.25, 0.3) is 5.91 Å². The molecule has 2 aliphatic heterocycles. The molecule has 3 heterocycles. The molecule has 0 N–H and O–H groups in total. The number of hydrogen-bond donors (Lipinski definition) is 0. The average Bonchev–Trinajstić information content (AvgIpc) is 3.10. The molecule has 1 aromatic heterocycles. The highest BCUT2D eigenvalue weighted by molar-refractivity contribution is 5.99. The van der Waals surface area contributed by atoms with Crippen molar-refractivity contribution in [2.75, 3.05) is 46.5 Å². The molecule has 1 saturated heterocycles. The smallest absolute Gasteiger partial charge is 0.290 e. The third-order valence-corrected chi connectivity index (χ3v) is 6.12.